The summed E-state index contributed by atoms with van der Waals surface area (Å²) in [5, 5.41) is 31.0. The molecule has 4 aliphatic rings. The second-order valence-electron chi connectivity index (χ2n) is 34.3. The molecule has 15 aromatic rings. The Balaban J connectivity index is 0.000000133. The molecule has 19 rings (SSSR count). The molecule has 0 spiro atoms. The first-order valence-corrected chi connectivity index (χ1v) is 46.1. The van der Waals surface area contributed by atoms with Crippen molar-refractivity contribution in [2.75, 3.05) is 94.8 Å². The third-order valence-electron chi connectivity index (χ3n) is 24.3. The number of nitrogens with one attached hydrogen (secondary N) is 4. The van der Waals surface area contributed by atoms with E-state index in [9.17, 15) is 32.3 Å². The number of piperidine rings is 4. The van der Waals surface area contributed by atoms with E-state index in [4.69, 9.17) is 32.6 Å². The molecule has 4 aliphatic heterocycles. The number of urea groups is 4. The molecule has 7 aromatic carbocycles. The van der Waals surface area contributed by atoms with Gasteiger partial charge in [-0.3, -0.25) is 26.3 Å². The van der Waals surface area contributed by atoms with Crippen LogP contribution in [0.3, 0.4) is 0 Å². The molecule has 0 atom stereocenters. The molecule has 0 bridgehead atoms. The van der Waals surface area contributed by atoms with E-state index in [0.717, 1.165) is 147 Å². The number of likely N-dealkylation sites (tertiary alicyclic amines) is 4. The molecule has 4 fully saturated rings. The van der Waals surface area contributed by atoms with Gasteiger partial charge in [-0.05, 0) is 280 Å². The Labute approximate surface area is 800 Å². The van der Waals surface area contributed by atoms with Gasteiger partial charge in [0.1, 0.15) is 64.3 Å². The van der Waals surface area contributed by atoms with Crippen LogP contribution in [-0.2, 0) is 6.54 Å². The predicted octanol–water partition coefficient (Wildman–Crippen LogP) is 20.9. The summed E-state index contributed by atoms with van der Waals surface area (Å²) in [5.41, 5.74) is 16.0. The number of amides is 8. The molecule has 0 unspecified atom stereocenters. The first kappa shape index (κ1) is 95.4. The van der Waals surface area contributed by atoms with Crippen LogP contribution in [0.4, 0.5) is 56.1 Å². The van der Waals surface area contributed by atoms with Crippen LogP contribution in [0.1, 0.15) is 98.2 Å². The lowest BCUT2D eigenvalue weighted by Gasteiger charge is -2.40. The molecule has 8 aromatic heterocycles. The smallest absolute Gasteiger partial charge is 0.324 e. The van der Waals surface area contributed by atoms with E-state index in [2.05, 4.69) is 101 Å². The maximum Gasteiger partial charge on any atom is 0.324 e. The predicted molar refractivity (Wildman–Crippen MR) is 525 cm³/mol. The number of fused-ring (bicyclic) bond motifs is 2. The molecule has 4 N–H and O–H groups in total. The van der Waals surface area contributed by atoms with Gasteiger partial charge in [0.25, 0.3) is 11.9 Å². The molecule has 700 valence electrons. The van der Waals surface area contributed by atoms with Gasteiger partial charge in [0.05, 0.1) is 29.0 Å². The number of pyridine rings is 1. The van der Waals surface area contributed by atoms with E-state index < -0.39 is 6.03 Å². The van der Waals surface area contributed by atoms with Crippen LogP contribution >= 0.6 is 23.2 Å². The fourth-order valence-electron chi connectivity index (χ4n) is 17.1. The zero-order valence-corrected chi connectivity index (χ0v) is 78.6. The quantitative estimate of drug-likeness (QED) is 0.0698. The average molecular weight is 1890 g/mol. The zero-order valence-electron chi connectivity index (χ0n) is 77.0. The number of hydrogen-bond acceptors (Lipinski definition) is 22. The van der Waals surface area contributed by atoms with Gasteiger partial charge in [-0.25, -0.2) is 82.2 Å². The number of anilines is 4. The maximum absolute atomic E-state index is 13.6. The standard InChI is InChI=1S/C28H31ClFN5O.C27H32ClN5O2.C26H21FN8O.C21H18FN7O/c1-19-15-21(17-22(29)16-19)25-18-31-27(32-26(25)20-5-7-23(30)8-6-20)33-28(36)35-13-9-24(10-14-35)34-11-3-2-4-12-34;1-18-14-20(16-21(28)15-18)23-17-29-26(30-25(23)24-7-6-19(2)35-24)31-27(34)33-12-8-22(9-13-33)32-10-4-3-5-11-32;1-16-21-13-18(8-11-22(21)30-15-29-16)24-23(17-6-9-19(27)10-7-17)31-25(34-33-24)32-26(36)35(2)14-20-5-3-4-12-28-20;1-12-16-10-14(6-9-17(16)24-11-23-12)19-18(13-4-7-15(22)8-5-13)25-20(28-27-19)26-21(30)29(2)3/h5-8,15-18,24H,2-4,9-14H2,1H3,(H,31,32,33,36);6-7,14-17,22H,3-5,8-13H2,1-2H3,(H,29,30,31,34);3-13,15H,14H2,1-2H3,(H,31,32,34,36);4-11H,1-3H3,(H,25,26,28,30). The van der Waals surface area contributed by atoms with Gasteiger partial charge in [0.15, 0.2) is 5.76 Å². The van der Waals surface area contributed by atoms with Crippen LogP contribution in [0.5, 0.6) is 0 Å². The van der Waals surface area contributed by atoms with E-state index in [1.807, 2.05) is 148 Å². The minimum atomic E-state index is -0.418. The highest BCUT2D eigenvalue weighted by Gasteiger charge is 2.32. The van der Waals surface area contributed by atoms with Gasteiger partial charge in [-0.2, -0.15) is 0 Å². The van der Waals surface area contributed by atoms with Crippen LogP contribution in [0, 0.1) is 52.1 Å². The molecular weight excluding hydrogens is 1780 g/mol. The van der Waals surface area contributed by atoms with Crippen molar-refractivity contribution in [2.45, 2.75) is 117 Å². The first-order chi connectivity index (χ1) is 66.3. The zero-order chi connectivity index (χ0) is 95.8. The molecule has 8 amide bonds. The third kappa shape index (κ3) is 24.3. The number of hydrogen-bond donors (Lipinski definition) is 4. The second kappa shape index (κ2) is 44.1. The summed E-state index contributed by atoms with van der Waals surface area (Å²) in [5.74, 6) is 0.916. The van der Waals surface area contributed by atoms with Gasteiger partial charge in [-0.1, -0.05) is 66.4 Å². The van der Waals surface area contributed by atoms with Crippen molar-refractivity contribution in [3.8, 4) is 90.0 Å². The minimum Gasteiger partial charge on any atom is -0.460 e. The Hall–Kier alpha value is -14.8. The summed E-state index contributed by atoms with van der Waals surface area (Å²) in [4.78, 5) is 111. The molecule has 4 saturated heterocycles. The number of aromatic nitrogens is 15. The maximum atomic E-state index is 13.6. The fourth-order valence-corrected chi connectivity index (χ4v) is 17.7. The molecule has 0 saturated carbocycles. The first-order valence-electron chi connectivity index (χ1n) is 45.4. The summed E-state index contributed by atoms with van der Waals surface area (Å²) >= 11 is 12.6. The Morgan fingerprint density at radius 3 is 1.25 bits per heavy atom. The van der Waals surface area contributed by atoms with Crippen molar-refractivity contribution in [1.82, 2.24) is 105 Å². The second-order valence-corrected chi connectivity index (χ2v) is 35.2. The van der Waals surface area contributed by atoms with Crippen LogP contribution in [0.15, 0.2) is 212 Å². The highest BCUT2D eigenvalue weighted by atomic mass is 35.5. The molecule has 12 heterocycles. The third-order valence-corrected chi connectivity index (χ3v) is 24.7. The number of furan rings is 1. The number of halogens is 5. The summed E-state index contributed by atoms with van der Waals surface area (Å²) in [6.45, 7) is 17.6. The molecule has 35 heteroatoms. The SMILES string of the molecule is Cc1cc(Cl)cc(-c2cnc(NC(=O)N3CCC(N4CCCCC4)CC3)nc2-c2ccc(C)o2)c1.Cc1cc(Cl)cc(-c2cnc(NC(=O)N3CCC(N4CCCCC4)CC3)nc2-c2ccc(F)cc2)c1.Cc1ncnc2ccc(-c3nnc(NC(=O)N(C)C)nc3-c3ccc(F)cc3)cc12.Cc1ncnc2ccc(-c3nnc(NC(=O)N(C)Cc4ccccn4)nc3-c3ccc(F)cc3)cc12. The number of rotatable bonds is 16. The van der Waals surface area contributed by atoms with E-state index in [0.29, 0.717) is 79.7 Å². The molecule has 30 nitrogen and oxygen atoms in total. The van der Waals surface area contributed by atoms with Crippen LogP contribution in [-0.4, -0.2) is 214 Å². The molecule has 0 radical (unpaired) electrons. The van der Waals surface area contributed by atoms with Crippen molar-refractivity contribution in [3.63, 3.8) is 0 Å². The van der Waals surface area contributed by atoms with Crippen LogP contribution in [0.25, 0.3) is 112 Å². The number of nitrogens with zero attached hydrogens (tertiary/aromatic N) is 21. The topological polar surface area (TPSA) is 342 Å². The van der Waals surface area contributed by atoms with Gasteiger partial charge in [0, 0.05) is 149 Å². The monoisotopic (exact) mass is 1880 g/mol. The van der Waals surface area contributed by atoms with Gasteiger partial charge in [-0.15, -0.1) is 20.4 Å². The van der Waals surface area contributed by atoms with Crippen molar-refractivity contribution < 1.29 is 36.8 Å². The van der Waals surface area contributed by atoms with Crippen molar-refractivity contribution >= 4 is 92.9 Å². The van der Waals surface area contributed by atoms with E-state index in [-0.39, 0.29) is 59.3 Å². The lowest BCUT2D eigenvalue weighted by Crippen LogP contribution is -2.49. The lowest BCUT2D eigenvalue weighted by atomic mass is 9.99. The Kier molecular flexibility index (Phi) is 30.7. The largest absolute Gasteiger partial charge is 0.460 e. The van der Waals surface area contributed by atoms with Crippen LogP contribution in [0.2, 0.25) is 10.0 Å². The molecule has 137 heavy (non-hydrogen) atoms. The summed E-state index contributed by atoms with van der Waals surface area (Å²) < 4.78 is 46.6. The Morgan fingerprint density at radius 2 is 0.825 bits per heavy atom. The number of aryl methyl sites for hydroxylation is 5. The number of carbonyl (C=O) groups excluding carboxylic acids is 4. The minimum absolute atomic E-state index is 0.0243. The Bertz CT molecular complexity index is 6790. The normalized spacial score (nSPS) is 14.2. The van der Waals surface area contributed by atoms with Crippen LogP contribution < -0.4 is 21.3 Å². The van der Waals surface area contributed by atoms with E-state index >= 15 is 0 Å². The highest BCUT2D eigenvalue weighted by molar-refractivity contribution is 6.31. The number of benzene rings is 7. The van der Waals surface area contributed by atoms with Crippen molar-refractivity contribution in [2.24, 2.45) is 0 Å². The molecule has 0 aliphatic carbocycles. The van der Waals surface area contributed by atoms with Gasteiger partial charge < -0.3 is 33.8 Å². The number of carbonyl (C=O) groups is 4. The van der Waals surface area contributed by atoms with Gasteiger partial charge >= 0.3 is 24.1 Å². The van der Waals surface area contributed by atoms with Gasteiger partial charge in [0.2, 0.25) is 11.9 Å². The summed E-state index contributed by atoms with van der Waals surface area (Å²) in [7, 11) is 4.86. The average Bonchev–Trinajstić information content (AvgIpc) is 1.35. The lowest BCUT2D eigenvalue weighted by molar-refractivity contribution is 0.104. The van der Waals surface area contributed by atoms with Crippen molar-refractivity contribution in [3.05, 3.63) is 269 Å². The molecular formula is C102H102Cl2F3N25O5. The van der Waals surface area contributed by atoms with E-state index in [1.54, 1.807) is 76.1 Å². The van der Waals surface area contributed by atoms with E-state index in [1.165, 1.54) is 124 Å². The highest BCUT2D eigenvalue weighted by Crippen LogP contribution is 2.39. The summed E-state index contributed by atoms with van der Waals surface area (Å²) in [6.07, 6.45) is 19.9. The van der Waals surface area contributed by atoms with Crippen molar-refractivity contribution in [1.29, 1.82) is 0 Å². The Morgan fingerprint density at radius 1 is 0.401 bits per heavy atom. The summed E-state index contributed by atoms with van der Waals surface area (Å²) in [6, 6.07) is 50.1. The fraction of sp³-hybridized carbons (Fsp3) is 0.284.